The summed E-state index contributed by atoms with van der Waals surface area (Å²) in [5, 5.41) is 5.35. The van der Waals surface area contributed by atoms with Gasteiger partial charge in [-0.05, 0) is 12.8 Å². The van der Waals surface area contributed by atoms with E-state index in [4.69, 9.17) is 4.74 Å². The SMILES string of the molecule is Cc1nc(-c2ccccc2)sc1C(=O)OCC(=O)NC(=O)NCC(C)C. The molecule has 0 atom stereocenters. The van der Waals surface area contributed by atoms with Crippen molar-refractivity contribution in [3.05, 3.63) is 40.9 Å². The number of thiazole rings is 1. The first-order chi connectivity index (χ1) is 12.4. The summed E-state index contributed by atoms with van der Waals surface area (Å²) >= 11 is 1.20. The number of hydrogen-bond acceptors (Lipinski definition) is 6. The van der Waals surface area contributed by atoms with E-state index in [-0.39, 0.29) is 5.92 Å². The molecule has 0 radical (unpaired) electrons. The molecule has 8 heteroatoms. The Labute approximate surface area is 155 Å². The fraction of sp³-hybridized carbons (Fsp3) is 0.333. The zero-order valence-corrected chi connectivity index (χ0v) is 15.7. The minimum absolute atomic E-state index is 0.266. The maximum Gasteiger partial charge on any atom is 0.350 e. The number of amides is 3. The molecule has 2 N–H and O–H groups in total. The number of nitrogens with one attached hydrogen (secondary N) is 2. The number of imide groups is 1. The van der Waals surface area contributed by atoms with Gasteiger partial charge in [0.2, 0.25) is 0 Å². The average Bonchev–Trinajstić information content (AvgIpc) is 3.00. The summed E-state index contributed by atoms with van der Waals surface area (Å²) in [6.07, 6.45) is 0. The van der Waals surface area contributed by atoms with Gasteiger partial charge < -0.3 is 10.1 Å². The van der Waals surface area contributed by atoms with Crippen LogP contribution in [0.2, 0.25) is 0 Å². The maximum atomic E-state index is 12.2. The molecule has 138 valence electrons. The molecule has 26 heavy (non-hydrogen) atoms. The number of esters is 1. The maximum absolute atomic E-state index is 12.2. The minimum atomic E-state index is -0.690. The lowest BCUT2D eigenvalue weighted by Gasteiger charge is -2.08. The van der Waals surface area contributed by atoms with E-state index in [1.807, 2.05) is 44.2 Å². The van der Waals surface area contributed by atoms with Gasteiger partial charge in [-0.3, -0.25) is 10.1 Å². The second kappa shape index (κ2) is 9.10. The first-order valence-corrected chi connectivity index (χ1v) is 8.96. The molecule has 0 saturated carbocycles. The van der Waals surface area contributed by atoms with Crippen molar-refractivity contribution in [2.75, 3.05) is 13.2 Å². The van der Waals surface area contributed by atoms with Crippen molar-refractivity contribution in [1.29, 1.82) is 0 Å². The third kappa shape index (κ3) is 5.66. The Morgan fingerprint density at radius 1 is 1.19 bits per heavy atom. The van der Waals surface area contributed by atoms with E-state index < -0.39 is 24.5 Å². The van der Waals surface area contributed by atoms with Gasteiger partial charge in [0.15, 0.2) is 6.61 Å². The van der Waals surface area contributed by atoms with Crippen molar-refractivity contribution in [2.45, 2.75) is 20.8 Å². The van der Waals surface area contributed by atoms with Crippen LogP contribution in [-0.2, 0) is 9.53 Å². The highest BCUT2D eigenvalue weighted by molar-refractivity contribution is 7.17. The van der Waals surface area contributed by atoms with Crippen molar-refractivity contribution in [3.63, 3.8) is 0 Å². The Kier molecular flexibility index (Phi) is 6.85. The van der Waals surface area contributed by atoms with Crippen LogP contribution in [0.4, 0.5) is 4.79 Å². The van der Waals surface area contributed by atoms with Crippen LogP contribution < -0.4 is 10.6 Å². The number of urea groups is 1. The van der Waals surface area contributed by atoms with Gasteiger partial charge in [-0.2, -0.15) is 0 Å². The fourth-order valence-electron chi connectivity index (χ4n) is 1.99. The molecule has 3 amide bonds. The van der Waals surface area contributed by atoms with Crippen LogP contribution in [0.3, 0.4) is 0 Å². The zero-order valence-electron chi connectivity index (χ0n) is 14.9. The predicted octanol–water partition coefficient (Wildman–Crippen LogP) is 2.76. The summed E-state index contributed by atoms with van der Waals surface area (Å²) in [5.74, 6) is -1.06. The average molecular weight is 375 g/mol. The molecule has 1 aromatic carbocycles. The Morgan fingerprint density at radius 3 is 2.54 bits per heavy atom. The van der Waals surface area contributed by atoms with Gasteiger partial charge in [-0.1, -0.05) is 44.2 Å². The summed E-state index contributed by atoms with van der Waals surface area (Å²) in [7, 11) is 0. The third-order valence-electron chi connectivity index (χ3n) is 3.26. The number of aryl methyl sites for hydroxylation is 1. The van der Waals surface area contributed by atoms with Crippen LogP contribution in [0.25, 0.3) is 10.6 Å². The molecular formula is C18H21N3O4S. The van der Waals surface area contributed by atoms with Gasteiger partial charge in [-0.25, -0.2) is 14.6 Å². The third-order valence-corrected chi connectivity index (χ3v) is 4.45. The van der Waals surface area contributed by atoms with Crippen molar-refractivity contribution < 1.29 is 19.1 Å². The van der Waals surface area contributed by atoms with E-state index in [2.05, 4.69) is 15.6 Å². The molecule has 1 aromatic heterocycles. The van der Waals surface area contributed by atoms with E-state index in [0.717, 1.165) is 5.56 Å². The molecule has 0 aliphatic heterocycles. The number of benzene rings is 1. The summed E-state index contributed by atoms with van der Waals surface area (Å²) in [5.41, 5.74) is 1.44. The summed E-state index contributed by atoms with van der Waals surface area (Å²) < 4.78 is 4.99. The summed E-state index contributed by atoms with van der Waals surface area (Å²) in [6.45, 7) is 5.49. The fourth-order valence-corrected chi connectivity index (χ4v) is 2.96. The Hall–Kier alpha value is -2.74. The normalized spacial score (nSPS) is 10.5. The molecule has 2 rings (SSSR count). The molecule has 0 fully saturated rings. The van der Waals surface area contributed by atoms with Gasteiger partial charge in [0.05, 0.1) is 5.69 Å². The lowest BCUT2D eigenvalue weighted by molar-refractivity contribution is -0.123. The predicted molar refractivity (Wildman–Crippen MR) is 98.9 cm³/mol. The minimum Gasteiger partial charge on any atom is -0.451 e. The quantitative estimate of drug-likeness (QED) is 0.757. The van der Waals surface area contributed by atoms with E-state index >= 15 is 0 Å². The molecule has 0 aliphatic rings. The monoisotopic (exact) mass is 375 g/mol. The van der Waals surface area contributed by atoms with Gasteiger partial charge in [0.1, 0.15) is 9.88 Å². The van der Waals surface area contributed by atoms with Crippen LogP contribution in [0.1, 0.15) is 29.2 Å². The number of ether oxygens (including phenoxy) is 1. The molecule has 2 aromatic rings. The zero-order chi connectivity index (χ0) is 19.1. The smallest absolute Gasteiger partial charge is 0.350 e. The number of carbonyl (C=O) groups excluding carboxylic acids is 3. The molecule has 0 bridgehead atoms. The van der Waals surface area contributed by atoms with Gasteiger partial charge in [0, 0.05) is 12.1 Å². The lowest BCUT2D eigenvalue weighted by Crippen LogP contribution is -2.42. The molecule has 0 saturated heterocycles. The van der Waals surface area contributed by atoms with Gasteiger partial charge in [-0.15, -0.1) is 11.3 Å². The number of aromatic nitrogens is 1. The molecule has 1 heterocycles. The summed E-state index contributed by atoms with van der Waals surface area (Å²) in [4.78, 5) is 40.1. The number of nitrogens with zero attached hydrogens (tertiary/aromatic N) is 1. The molecule has 0 spiro atoms. The second-order valence-corrected chi connectivity index (χ2v) is 7.03. The standard InChI is InChI=1S/C18H21N3O4S/c1-11(2)9-19-18(24)21-14(22)10-25-17(23)15-12(3)20-16(26-15)13-7-5-4-6-8-13/h4-8,11H,9-10H2,1-3H3,(H2,19,21,22,24). The van der Waals surface area contributed by atoms with E-state index in [1.54, 1.807) is 6.92 Å². The van der Waals surface area contributed by atoms with Gasteiger partial charge in [0.25, 0.3) is 5.91 Å². The van der Waals surface area contributed by atoms with Crippen molar-refractivity contribution in [1.82, 2.24) is 15.6 Å². The number of hydrogen-bond donors (Lipinski definition) is 2. The first-order valence-electron chi connectivity index (χ1n) is 8.14. The van der Waals surface area contributed by atoms with Crippen LogP contribution in [0, 0.1) is 12.8 Å². The van der Waals surface area contributed by atoms with E-state index in [0.29, 0.717) is 22.1 Å². The molecule has 7 nitrogen and oxygen atoms in total. The molecule has 0 unspecified atom stereocenters. The van der Waals surface area contributed by atoms with E-state index in [9.17, 15) is 14.4 Å². The van der Waals surface area contributed by atoms with Crippen LogP contribution in [0.5, 0.6) is 0 Å². The highest BCUT2D eigenvalue weighted by Crippen LogP contribution is 2.28. The molecule has 0 aliphatic carbocycles. The second-order valence-electron chi connectivity index (χ2n) is 6.03. The largest absolute Gasteiger partial charge is 0.451 e. The van der Waals surface area contributed by atoms with Gasteiger partial charge >= 0.3 is 12.0 Å². The molecular weight excluding hydrogens is 354 g/mol. The number of carbonyl (C=O) groups is 3. The topological polar surface area (TPSA) is 97.4 Å². The Morgan fingerprint density at radius 2 is 1.88 bits per heavy atom. The van der Waals surface area contributed by atoms with Crippen LogP contribution in [0.15, 0.2) is 30.3 Å². The highest BCUT2D eigenvalue weighted by atomic mass is 32.1. The van der Waals surface area contributed by atoms with E-state index in [1.165, 1.54) is 11.3 Å². The van der Waals surface area contributed by atoms with Crippen LogP contribution >= 0.6 is 11.3 Å². The van der Waals surface area contributed by atoms with Crippen LogP contribution in [-0.4, -0.2) is 36.0 Å². The number of rotatable bonds is 6. The first kappa shape index (κ1) is 19.6. The highest BCUT2D eigenvalue weighted by Gasteiger charge is 2.19. The lowest BCUT2D eigenvalue weighted by atomic mass is 10.2. The Balaban J connectivity index is 1.89. The summed E-state index contributed by atoms with van der Waals surface area (Å²) in [6, 6.07) is 8.86. The van der Waals surface area contributed by atoms with Crippen molar-refractivity contribution >= 4 is 29.2 Å². The Bertz CT molecular complexity index is 787. The van der Waals surface area contributed by atoms with Crippen molar-refractivity contribution in [3.8, 4) is 10.6 Å². The van der Waals surface area contributed by atoms with Crippen molar-refractivity contribution in [2.24, 2.45) is 5.92 Å².